The van der Waals surface area contributed by atoms with Crippen molar-refractivity contribution in [1.82, 2.24) is 5.32 Å². The maximum absolute atomic E-state index is 13.2. The maximum Gasteiger partial charge on any atom is 0.142 e. The summed E-state index contributed by atoms with van der Waals surface area (Å²) in [6, 6.07) is 5.02. The van der Waals surface area contributed by atoms with E-state index in [4.69, 9.17) is 11.6 Å². The van der Waals surface area contributed by atoms with Gasteiger partial charge in [-0.25, -0.2) is 4.39 Å². The van der Waals surface area contributed by atoms with Crippen LogP contribution in [-0.4, -0.2) is 12.1 Å². The first-order valence-corrected chi connectivity index (χ1v) is 5.66. The van der Waals surface area contributed by atoms with Crippen LogP contribution in [-0.2, 0) is 6.42 Å². The average Bonchev–Trinajstić information content (AvgIpc) is 2.60. The minimum Gasteiger partial charge on any atom is -0.311 e. The molecule has 1 aliphatic rings. The van der Waals surface area contributed by atoms with Gasteiger partial charge in [0, 0.05) is 5.54 Å². The molecule has 0 radical (unpaired) electrons. The number of hydrogen-bond donors (Lipinski definition) is 1. The number of nitrogens with one attached hydrogen (secondary N) is 1. The third-order valence-electron chi connectivity index (χ3n) is 3.07. The van der Waals surface area contributed by atoms with E-state index < -0.39 is 0 Å². The second kappa shape index (κ2) is 4.11. The Morgan fingerprint density at radius 2 is 2.33 bits per heavy atom. The summed E-state index contributed by atoms with van der Waals surface area (Å²) in [6.07, 6.45) is 3.10. The minimum absolute atomic E-state index is 0.0808. The fraction of sp³-hybridized carbons (Fsp3) is 0.500. The van der Waals surface area contributed by atoms with Gasteiger partial charge in [0.2, 0.25) is 0 Å². The zero-order chi connectivity index (χ0) is 10.9. The van der Waals surface area contributed by atoms with Crippen LogP contribution in [0.1, 0.15) is 25.3 Å². The van der Waals surface area contributed by atoms with Gasteiger partial charge >= 0.3 is 0 Å². The molecule has 3 heteroatoms. The summed E-state index contributed by atoms with van der Waals surface area (Å²) >= 11 is 5.93. The molecule has 0 aromatic heterocycles. The van der Waals surface area contributed by atoms with E-state index in [0.717, 1.165) is 24.9 Å². The Balaban J connectivity index is 2.20. The fourth-order valence-corrected chi connectivity index (χ4v) is 2.41. The lowest BCUT2D eigenvalue weighted by Gasteiger charge is -2.24. The second-order valence-corrected chi connectivity index (χ2v) is 4.86. The number of rotatable bonds is 2. The highest BCUT2D eigenvalue weighted by Crippen LogP contribution is 2.28. The van der Waals surface area contributed by atoms with Crippen LogP contribution < -0.4 is 5.32 Å². The second-order valence-electron chi connectivity index (χ2n) is 4.48. The summed E-state index contributed by atoms with van der Waals surface area (Å²) in [5, 5.41) is 3.72. The summed E-state index contributed by atoms with van der Waals surface area (Å²) in [5.41, 5.74) is 0.978. The summed E-state index contributed by atoms with van der Waals surface area (Å²) in [6.45, 7) is 3.21. The summed E-state index contributed by atoms with van der Waals surface area (Å²) in [5.74, 6) is -0.323. The Kier molecular flexibility index (Phi) is 2.98. The molecule has 1 fully saturated rings. The lowest BCUT2D eigenvalue weighted by molar-refractivity contribution is 0.412. The molecule has 0 aliphatic carbocycles. The molecule has 1 unspecified atom stereocenters. The molecule has 2 rings (SSSR count). The van der Waals surface area contributed by atoms with Gasteiger partial charge in [-0.1, -0.05) is 23.7 Å². The zero-order valence-electron chi connectivity index (χ0n) is 8.82. The van der Waals surface area contributed by atoms with Crippen molar-refractivity contribution in [2.45, 2.75) is 31.7 Å². The highest BCUT2D eigenvalue weighted by Gasteiger charge is 2.28. The first-order chi connectivity index (χ1) is 7.11. The Morgan fingerprint density at radius 3 is 3.00 bits per heavy atom. The molecule has 1 aromatic rings. The van der Waals surface area contributed by atoms with E-state index in [-0.39, 0.29) is 16.4 Å². The number of hydrogen-bond acceptors (Lipinski definition) is 1. The first kappa shape index (κ1) is 10.9. The van der Waals surface area contributed by atoms with Gasteiger partial charge in [-0.05, 0) is 44.4 Å². The van der Waals surface area contributed by atoms with Crippen LogP contribution in [0.15, 0.2) is 18.2 Å². The van der Waals surface area contributed by atoms with E-state index in [1.54, 1.807) is 6.07 Å². The minimum atomic E-state index is -0.323. The Labute approximate surface area is 94.6 Å². The van der Waals surface area contributed by atoms with Gasteiger partial charge in [-0.3, -0.25) is 0 Å². The topological polar surface area (TPSA) is 12.0 Å². The van der Waals surface area contributed by atoms with Crippen LogP contribution in [0.3, 0.4) is 0 Å². The lowest BCUT2D eigenvalue weighted by atomic mass is 9.91. The number of halogens is 2. The number of benzene rings is 1. The van der Waals surface area contributed by atoms with Crippen molar-refractivity contribution < 1.29 is 4.39 Å². The predicted molar refractivity (Wildman–Crippen MR) is 60.8 cm³/mol. The van der Waals surface area contributed by atoms with Gasteiger partial charge in [0.05, 0.1) is 5.02 Å². The summed E-state index contributed by atoms with van der Waals surface area (Å²) in [7, 11) is 0. The molecule has 1 heterocycles. The van der Waals surface area contributed by atoms with E-state index in [0.29, 0.717) is 0 Å². The summed E-state index contributed by atoms with van der Waals surface area (Å²) < 4.78 is 13.2. The van der Waals surface area contributed by atoms with E-state index >= 15 is 0 Å². The van der Waals surface area contributed by atoms with Gasteiger partial charge in [-0.15, -0.1) is 0 Å². The normalized spacial score (nSPS) is 25.8. The molecule has 1 aliphatic heterocycles. The van der Waals surface area contributed by atoms with Crippen molar-refractivity contribution in [3.8, 4) is 0 Å². The van der Waals surface area contributed by atoms with Gasteiger partial charge < -0.3 is 5.32 Å². The fourth-order valence-electron chi connectivity index (χ4n) is 2.21. The molecule has 1 N–H and O–H groups in total. The molecular formula is C12H15ClFN. The van der Waals surface area contributed by atoms with E-state index in [9.17, 15) is 4.39 Å². The van der Waals surface area contributed by atoms with Crippen molar-refractivity contribution in [2.24, 2.45) is 0 Å². The van der Waals surface area contributed by atoms with Crippen LogP contribution >= 0.6 is 11.6 Å². The quantitative estimate of drug-likeness (QED) is 0.819. The Hall–Kier alpha value is -0.600. The molecule has 0 spiro atoms. The van der Waals surface area contributed by atoms with Crippen molar-refractivity contribution in [2.75, 3.05) is 6.54 Å². The highest BCUT2D eigenvalue weighted by atomic mass is 35.5. The Bertz CT molecular complexity index is 359. The van der Waals surface area contributed by atoms with Crippen molar-refractivity contribution in [3.63, 3.8) is 0 Å². The SMILES string of the molecule is CC1(Cc2cccc(F)c2Cl)CCCN1. The van der Waals surface area contributed by atoms with Crippen LogP contribution in [0.25, 0.3) is 0 Å². The zero-order valence-corrected chi connectivity index (χ0v) is 9.57. The molecule has 0 amide bonds. The van der Waals surface area contributed by atoms with Crippen molar-refractivity contribution >= 4 is 11.6 Å². The standard InChI is InChI=1S/C12H15ClFN/c1-12(6-3-7-15-12)8-9-4-2-5-10(14)11(9)13/h2,4-5,15H,3,6-8H2,1H3. The molecule has 82 valence electrons. The molecular weight excluding hydrogens is 213 g/mol. The Morgan fingerprint density at radius 1 is 1.53 bits per heavy atom. The average molecular weight is 228 g/mol. The van der Waals surface area contributed by atoms with E-state index in [2.05, 4.69) is 12.2 Å². The molecule has 1 saturated heterocycles. The third-order valence-corrected chi connectivity index (χ3v) is 3.49. The van der Waals surface area contributed by atoms with Crippen LogP contribution in [0.2, 0.25) is 5.02 Å². The van der Waals surface area contributed by atoms with Gasteiger partial charge in [0.15, 0.2) is 0 Å². The largest absolute Gasteiger partial charge is 0.311 e. The van der Waals surface area contributed by atoms with Crippen LogP contribution in [0.4, 0.5) is 4.39 Å². The molecule has 15 heavy (non-hydrogen) atoms. The van der Waals surface area contributed by atoms with Gasteiger partial charge in [0.25, 0.3) is 0 Å². The third kappa shape index (κ3) is 2.32. The molecule has 1 nitrogen and oxygen atoms in total. The lowest BCUT2D eigenvalue weighted by Crippen LogP contribution is -2.38. The summed E-state index contributed by atoms with van der Waals surface area (Å²) in [4.78, 5) is 0. The van der Waals surface area contributed by atoms with E-state index in [1.165, 1.54) is 12.5 Å². The van der Waals surface area contributed by atoms with Gasteiger partial charge in [-0.2, -0.15) is 0 Å². The predicted octanol–water partition coefficient (Wildman–Crippen LogP) is 3.16. The van der Waals surface area contributed by atoms with Crippen LogP contribution in [0, 0.1) is 5.82 Å². The van der Waals surface area contributed by atoms with E-state index in [1.807, 2.05) is 6.07 Å². The smallest absolute Gasteiger partial charge is 0.142 e. The first-order valence-electron chi connectivity index (χ1n) is 5.29. The van der Waals surface area contributed by atoms with Crippen LogP contribution in [0.5, 0.6) is 0 Å². The molecule has 0 saturated carbocycles. The van der Waals surface area contributed by atoms with Gasteiger partial charge in [0.1, 0.15) is 5.82 Å². The van der Waals surface area contributed by atoms with Crippen molar-refractivity contribution in [1.29, 1.82) is 0 Å². The molecule has 0 bridgehead atoms. The van der Waals surface area contributed by atoms with Crippen molar-refractivity contribution in [3.05, 3.63) is 34.6 Å². The molecule has 1 atom stereocenters. The molecule has 1 aromatic carbocycles. The maximum atomic E-state index is 13.2. The monoisotopic (exact) mass is 227 g/mol. The highest BCUT2D eigenvalue weighted by molar-refractivity contribution is 6.31.